The number of nitrogens with one attached hydrogen (secondary N) is 2. The maximum absolute atomic E-state index is 11.4. The van der Waals surface area contributed by atoms with Crippen molar-refractivity contribution in [3.63, 3.8) is 0 Å². The summed E-state index contributed by atoms with van der Waals surface area (Å²) in [6.07, 6.45) is 3.21. The monoisotopic (exact) mass is 223 g/mol. The van der Waals surface area contributed by atoms with Crippen LogP contribution in [-0.4, -0.2) is 45.2 Å². The number of hydrogen-bond acceptors (Lipinski definition) is 4. The van der Waals surface area contributed by atoms with Crippen LogP contribution < -0.4 is 5.32 Å². The molecule has 16 heavy (non-hydrogen) atoms. The molecule has 1 aliphatic rings. The van der Waals surface area contributed by atoms with Crippen LogP contribution in [0.5, 0.6) is 0 Å². The quantitative estimate of drug-likeness (QED) is 0.736. The molecule has 0 atom stereocenters. The molecule has 7 nitrogen and oxygen atoms in total. The minimum Gasteiger partial charge on any atom is -0.342 e. The first-order valence-corrected chi connectivity index (χ1v) is 5.19. The molecule has 1 aromatic rings. The van der Waals surface area contributed by atoms with Crippen molar-refractivity contribution in [2.24, 2.45) is 0 Å². The zero-order chi connectivity index (χ0) is 11.4. The van der Waals surface area contributed by atoms with Crippen molar-refractivity contribution in [1.29, 1.82) is 0 Å². The Bertz CT molecular complexity index is 375. The fourth-order valence-electron chi connectivity index (χ4n) is 1.64. The van der Waals surface area contributed by atoms with Crippen LogP contribution in [-0.2, 0) is 9.59 Å². The number of H-pyrrole nitrogens is 1. The number of anilines is 1. The zero-order valence-electron chi connectivity index (χ0n) is 8.77. The number of rotatable bonds is 4. The number of carbonyl (C=O) groups is 2. The van der Waals surface area contributed by atoms with E-state index in [0.29, 0.717) is 25.2 Å². The van der Waals surface area contributed by atoms with E-state index in [0.717, 1.165) is 13.0 Å². The standard InChI is InChI=1S/C9H13N5O2/c15-8(11-7-6-10-13-12-7)3-5-14-4-1-2-9(14)16/h6H,1-5H2,(H2,10,11,12,13,15). The van der Waals surface area contributed by atoms with E-state index in [1.807, 2.05) is 0 Å². The van der Waals surface area contributed by atoms with Crippen LogP contribution in [0.15, 0.2) is 6.20 Å². The molecule has 2 rings (SSSR count). The lowest BCUT2D eigenvalue weighted by Crippen LogP contribution is -2.28. The Morgan fingerprint density at radius 2 is 2.50 bits per heavy atom. The third kappa shape index (κ3) is 2.56. The van der Waals surface area contributed by atoms with Gasteiger partial charge in [0.15, 0.2) is 5.82 Å². The smallest absolute Gasteiger partial charge is 0.227 e. The van der Waals surface area contributed by atoms with Gasteiger partial charge < -0.3 is 10.2 Å². The van der Waals surface area contributed by atoms with Crippen LogP contribution >= 0.6 is 0 Å². The molecule has 86 valence electrons. The zero-order valence-corrected chi connectivity index (χ0v) is 8.77. The van der Waals surface area contributed by atoms with Gasteiger partial charge in [-0.2, -0.15) is 10.3 Å². The Kier molecular flexibility index (Phi) is 3.13. The predicted molar refractivity (Wildman–Crippen MR) is 55.4 cm³/mol. The maximum atomic E-state index is 11.4. The largest absolute Gasteiger partial charge is 0.342 e. The Morgan fingerprint density at radius 3 is 3.12 bits per heavy atom. The second-order valence-corrected chi connectivity index (χ2v) is 3.64. The summed E-state index contributed by atoms with van der Waals surface area (Å²) < 4.78 is 0. The number of amides is 2. The van der Waals surface area contributed by atoms with E-state index in [1.165, 1.54) is 6.20 Å². The number of hydrogen-bond donors (Lipinski definition) is 2. The third-order valence-corrected chi connectivity index (χ3v) is 2.46. The highest BCUT2D eigenvalue weighted by atomic mass is 16.2. The van der Waals surface area contributed by atoms with Crippen LogP contribution in [0.3, 0.4) is 0 Å². The molecule has 0 bridgehead atoms. The molecule has 2 amide bonds. The Balaban J connectivity index is 1.73. The summed E-state index contributed by atoms with van der Waals surface area (Å²) in [5.74, 6) is 0.376. The van der Waals surface area contributed by atoms with Crippen LogP contribution in [0.4, 0.5) is 5.82 Å². The molecule has 2 N–H and O–H groups in total. The van der Waals surface area contributed by atoms with Gasteiger partial charge in [-0.25, -0.2) is 0 Å². The Morgan fingerprint density at radius 1 is 1.62 bits per heavy atom. The van der Waals surface area contributed by atoms with E-state index >= 15 is 0 Å². The second kappa shape index (κ2) is 4.73. The van der Waals surface area contributed by atoms with E-state index in [4.69, 9.17) is 0 Å². The fourth-order valence-corrected chi connectivity index (χ4v) is 1.64. The summed E-state index contributed by atoms with van der Waals surface area (Å²) in [6.45, 7) is 1.23. The highest BCUT2D eigenvalue weighted by molar-refractivity contribution is 5.90. The van der Waals surface area contributed by atoms with Gasteiger partial charge in [-0.05, 0) is 6.42 Å². The molecular weight excluding hydrogens is 210 g/mol. The van der Waals surface area contributed by atoms with E-state index in [9.17, 15) is 9.59 Å². The van der Waals surface area contributed by atoms with Gasteiger partial charge >= 0.3 is 0 Å². The predicted octanol–water partition coefficient (Wildman–Crippen LogP) is -0.244. The van der Waals surface area contributed by atoms with Crippen molar-refractivity contribution in [2.75, 3.05) is 18.4 Å². The summed E-state index contributed by atoms with van der Waals surface area (Å²) in [5, 5.41) is 12.3. The van der Waals surface area contributed by atoms with Gasteiger partial charge in [0.1, 0.15) is 0 Å². The fraction of sp³-hybridized carbons (Fsp3) is 0.556. The van der Waals surface area contributed by atoms with Crippen molar-refractivity contribution in [3.05, 3.63) is 6.20 Å². The number of carbonyl (C=O) groups excluding carboxylic acids is 2. The summed E-state index contributed by atoms with van der Waals surface area (Å²) >= 11 is 0. The van der Waals surface area contributed by atoms with Crippen molar-refractivity contribution in [1.82, 2.24) is 20.3 Å². The van der Waals surface area contributed by atoms with Gasteiger partial charge in [0.05, 0.1) is 6.20 Å². The van der Waals surface area contributed by atoms with E-state index in [-0.39, 0.29) is 11.8 Å². The Hall–Kier alpha value is -1.92. The minimum atomic E-state index is -0.159. The van der Waals surface area contributed by atoms with Crippen LogP contribution in [0, 0.1) is 0 Å². The SMILES string of the molecule is O=C(CCN1CCCC1=O)Nc1cn[nH]n1. The third-order valence-electron chi connectivity index (χ3n) is 2.46. The summed E-state index contributed by atoms with van der Waals surface area (Å²) in [7, 11) is 0. The summed E-state index contributed by atoms with van der Waals surface area (Å²) in [5.41, 5.74) is 0. The molecule has 1 fully saturated rings. The first-order chi connectivity index (χ1) is 7.75. The molecular formula is C9H13N5O2. The van der Waals surface area contributed by atoms with Crippen molar-refractivity contribution in [2.45, 2.75) is 19.3 Å². The molecule has 1 saturated heterocycles. The molecule has 0 aromatic carbocycles. The van der Waals surface area contributed by atoms with E-state index < -0.39 is 0 Å². The van der Waals surface area contributed by atoms with Crippen molar-refractivity contribution < 1.29 is 9.59 Å². The lowest BCUT2D eigenvalue weighted by Gasteiger charge is -2.14. The number of likely N-dealkylation sites (tertiary alicyclic amines) is 1. The lowest BCUT2D eigenvalue weighted by molar-refractivity contribution is -0.128. The van der Waals surface area contributed by atoms with Crippen molar-refractivity contribution in [3.8, 4) is 0 Å². The molecule has 2 heterocycles. The van der Waals surface area contributed by atoms with Gasteiger partial charge in [0.25, 0.3) is 0 Å². The first-order valence-electron chi connectivity index (χ1n) is 5.19. The number of aromatic nitrogens is 3. The normalized spacial score (nSPS) is 15.5. The van der Waals surface area contributed by atoms with Crippen LogP contribution in [0.1, 0.15) is 19.3 Å². The average Bonchev–Trinajstić information content (AvgIpc) is 2.87. The first kappa shape index (κ1) is 10.6. The minimum absolute atomic E-state index is 0.134. The number of aromatic amines is 1. The molecule has 0 radical (unpaired) electrons. The molecule has 0 spiro atoms. The maximum Gasteiger partial charge on any atom is 0.227 e. The van der Waals surface area contributed by atoms with Gasteiger partial charge in [-0.15, -0.1) is 5.10 Å². The molecule has 1 aliphatic heterocycles. The lowest BCUT2D eigenvalue weighted by atomic mass is 10.3. The highest BCUT2D eigenvalue weighted by Crippen LogP contribution is 2.09. The van der Waals surface area contributed by atoms with Gasteiger partial charge in [-0.3, -0.25) is 9.59 Å². The molecule has 1 aromatic heterocycles. The molecule has 0 saturated carbocycles. The van der Waals surface area contributed by atoms with Crippen LogP contribution in [0.2, 0.25) is 0 Å². The van der Waals surface area contributed by atoms with Crippen LogP contribution in [0.25, 0.3) is 0 Å². The van der Waals surface area contributed by atoms with Gasteiger partial charge in [-0.1, -0.05) is 0 Å². The summed E-state index contributed by atoms with van der Waals surface area (Å²) in [4.78, 5) is 24.4. The van der Waals surface area contributed by atoms with E-state index in [2.05, 4.69) is 20.7 Å². The summed E-state index contributed by atoms with van der Waals surface area (Å²) in [6, 6.07) is 0. The molecule has 0 aliphatic carbocycles. The van der Waals surface area contributed by atoms with Gasteiger partial charge in [0.2, 0.25) is 11.8 Å². The molecule has 7 heteroatoms. The van der Waals surface area contributed by atoms with Crippen molar-refractivity contribution >= 4 is 17.6 Å². The molecule has 0 unspecified atom stereocenters. The topological polar surface area (TPSA) is 91.0 Å². The van der Waals surface area contributed by atoms with Gasteiger partial charge in [0, 0.05) is 25.9 Å². The Labute approximate surface area is 92.2 Å². The highest BCUT2D eigenvalue weighted by Gasteiger charge is 2.20. The number of nitrogens with zero attached hydrogens (tertiary/aromatic N) is 3. The average molecular weight is 223 g/mol. The second-order valence-electron chi connectivity index (χ2n) is 3.64. The van der Waals surface area contributed by atoms with E-state index in [1.54, 1.807) is 4.90 Å².